The number of para-hydroxylation sites is 1. The normalized spacial score (nSPS) is 23.2. The summed E-state index contributed by atoms with van der Waals surface area (Å²) in [7, 11) is 0. The Morgan fingerprint density at radius 3 is 2.77 bits per heavy atom. The number of hydrogen-bond acceptors (Lipinski definition) is 4. The molecule has 140 valence electrons. The van der Waals surface area contributed by atoms with Gasteiger partial charge in [-0.25, -0.2) is 4.79 Å². The van der Waals surface area contributed by atoms with Crippen LogP contribution in [0.1, 0.15) is 40.2 Å². The number of rotatable bonds is 1. The first-order valence-corrected chi connectivity index (χ1v) is 9.27. The molecule has 0 bridgehead atoms. The van der Waals surface area contributed by atoms with E-state index < -0.39 is 23.5 Å². The molecule has 2 heterocycles. The van der Waals surface area contributed by atoms with Crippen LogP contribution in [-0.2, 0) is 14.3 Å². The number of hydrogen-bond donors (Lipinski definition) is 1. The van der Waals surface area contributed by atoms with Gasteiger partial charge in [0, 0.05) is 15.6 Å². The quantitative estimate of drug-likeness (QED) is 0.689. The lowest BCUT2D eigenvalue weighted by Crippen LogP contribution is -2.49. The second kappa shape index (κ2) is 6.39. The second-order valence-electron chi connectivity index (χ2n) is 7.87. The molecule has 0 radical (unpaired) electrons. The van der Waals surface area contributed by atoms with Gasteiger partial charge in [0.05, 0.1) is 18.3 Å². The van der Waals surface area contributed by atoms with Crippen molar-refractivity contribution < 1.29 is 19.1 Å². The maximum atomic E-state index is 12.7. The molecule has 1 N–H and O–H groups in total. The summed E-state index contributed by atoms with van der Waals surface area (Å²) < 4.78 is 12.2. The van der Waals surface area contributed by atoms with Crippen molar-refractivity contribution in [1.29, 1.82) is 0 Å². The Labute approximate surface area is 161 Å². The van der Waals surface area contributed by atoms with E-state index in [9.17, 15) is 9.59 Å². The van der Waals surface area contributed by atoms with Crippen LogP contribution in [-0.4, -0.2) is 40.9 Å². The molecule has 2 amide bonds. The van der Waals surface area contributed by atoms with E-state index in [-0.39, 0.29) is 5.91 Å². The predicted octanol–water partition coefficient (Wildman–Crippen LogP) is 4.16. The number of amides is 2. The van der Waals surface area contributed by atoms with Crippen LogP contribution in [0, 0.1) is 0 Å². The SMILES string of the molecule is CC(C)(C)OC(=O)N1[C@@H](/C=C2/C(=O)Nc3c(Br)cccc32)COC1(C)C. The summed E-state index contributed by atoms with van der Waals surface area (Å²) in [4.78, 5) is 26.7. The van der Waals surface area contributed by atoms with E-state index in [4.69, 9.17) is 9.47 Å². The van der Waals surface area contributed by atoms with E-state index in [1.54, 1.807) is 11.0 Å². The molecule has 7 heteroatoms. The second-order valence-corrected chi connectivity index (χ2v) is 8.73. The van der Waals surface area contributed by atoms with Crippen LogP contribution in [0.5, 0.6) is 0 Å². The summed E-state index contributed by atoms with van der Waals surface area (Å²) in [6.07, 6.45) is 1.32. The molecule has 2 aliphatic rings. The van der Waals surface area contributed by atoms with E-state index >= 15 is 0 Å². The van der Waals surface area contributed by atoms with Crippen LogP contribution < -0.4 is 5.32 Å². The third-order valence-corrected chi connectivity index (χ3v) is 4.92. The van der Waals surface area contributed by atoms with Crippen molar-refractivity contribution in [2.75, 3.05) is 11.9 Å². The van der Waals surface area contributed by atoms with Crippen LogP contribution in [0.4, 0.5) is 10.5 Å². The number of ether oxygens (including phenoxy) is 2. The molecular weight excluding hydrogens is 400 g/mol. The average Bonchev–Trinajstić information content (AvgIpc) is 2.96. The number of carbonyl (C=O) groups is 2. The molecule has 1 aromatic rings. The Morgan fingerprint density at radius 1 is 1.42 bits per heavy atom. The van der Waals surface area contributed by atoms with E-state index in [0.717, 1.165) is 15.7 Å². The monoisotopic (exact) mass is 422 g/mol. The molecule has 1 saturated heterocycles. The zero-order valence-electron chi connectivity index (χ0n) is 15.6. The third kappa shape index (κ3) is 3.50. The predicted molar refractivity (Wildman–Crippen MR) is 103 cm³/mol. The Bertz CT molecular complexity index is 795. The van der Waals surface area contributed by atoms with Crippen molar-refractivity contribution in [1.82, 2.24) is 4.90 Å². The van der Waals surface area contributed by atoms with E-state index in [0.29, 0.717) is 12.2 Å². The van der Waals surface area contributed by atoms with Crippen LogP contribution in [0.3, 0.4) is 0 Å². The molecule has 0 aromatic heterocycles. The first-order valence-electron chi connectivity index (χ1n) is 8.48. The molecule has 0 aliphatic carbocycles. The fourth-order valence-electron chi connectivity index (χ4n) is 3.16. The highest BCUT2D eigenvalue weighted by Crippen LogP contribution is 2.39. The minimum absolute atomic E-state index is 0.194. The summed E-state index contributed by atoms with van der Waals surface area (Å²) in [6, 6.07) is 5.22. The lowest BCUT2D eigenvalue weighted by molar-refractivity contribution is -0.110. The lowest BCUT2D eigenvalue weighted by Gasteiger charge is -2.34. The fourth-order valence-corrected chi connectivity index (χ4v) is 3.62. The molecule has 0 saturated carbocycles. The minimum atomic E-state index is -0.820. The summed E-state index contributed by atoms with van der Waals surface area (Å²) in [6.45, 7) is 9.39. The molecule has 3 rings (SSSR count). The number of nitrogens with one attached hydrogen (secondary N) is 1. The summed E-state index contributed by atoms with van der Waals surface area (Å²) >= 11 is 3.45. The smallest absolute Gasteiger partial charge is 0.413 e. The maximum Gasteiger partial charge on any atom is 0.413 e. The van der Waals surface area contributed by atoms with Gasteiger partial charge in [-0.1, -0.05) is 12.1 Å². The average molecular weight is 423 g/mol. The summed E-state index contributed by atoms with van der Waals surface area (Å²) in [5, 5.41) is 2.86. The van der Waals surface area contributed by atoms with Crippen LogP contribution in [0.2, 0.25) is 0 Å². The third-order valence-electron chi connectivity index (χ3n) is 4.26. The Hall–Kier alpha value is -1.86. The fraction of sp³-hybridized carbons (Fsp3) is 0.474. The first kappa shape index (κ1) is 18.9. The van der Waals surface area contributed by atoms with Crippen LogP contribution in [0.25, 0.3) is 5.57 Å². The molecule has 1 atom stereocenters. The van der Waals surface area contributed by atoms with Crippen molar-refractivity contribution in [3.05, 3.63) is 34.3 Å². The highest BCUT2D eigenvalue weighted by molar-refractivity contribution is 9.10. The van der Waals surface area contributed by atoms with E-state index in [1.807, 2.05) is 52.8 Å². The standard InChI is InChI=1S/C19H23BrN2O4/c1-18(2,3)26-17(24)22-11(10-25-19(22,4)5)9-13-12-7-6-8-14(20)15(12)21-16(13)23/h6-9,11H,10H2,1-5H3,(H,21,23)/b13-9+/t11-/m0/s1. The number of benzene rings is 1. The molecule has 26 heavy (non-hydrogen) atoms. The van der Waals surface area contributed by atoms with Gasteiger partial charge < -0.3 is 14.8 Å². The van der Waals surface area contributed by atoms with Crippen molar-refractivity contribution >= 4 is 39.2 Å². The van der Waals surface area contributed by atoms with Gasteiger partial charge in [-0.15, -0.1) is 0 Å². The van der Waals surface area contributed by atoms with Gasteiger partial charge in [0.25, 0.3) is 5.91 Å². The Morgan fingerprint density at radius 2 is 2.12 bits per heavy atom. The number of fused-ring (bicyclic) bond motifs is 1. The number of anilines is 1. The lowest BCUT2D eigenvalue weighted by atomic mass is 10.0. The zero-order valence-corrected chi connectivity index (χ0v) is 17.1. The molecule has 2 aliphatic heterocycles. The van der Waals surface area contributed by atoms with E-state index in [2.05, 4.69) is 21.2 Å². The number of carbonyl (C=O) groups excluding carboxylic acids is 2. The van der Waals surface area contributed by atoms with Gasteiger partial charge in [0.15, 0.2) is 0 Å². The van der Waals surface area contributed by atoms with Crippen LogP contribution >= 0.6 is 15.9 Å². The highest BCUT2D eigenvalue weighted by Gasteiger charge is 2.45. The molecule has 1 fully saturated rings. The topological polar surface area (TPSA) is 67.9 Å². The van der Waals surface area contributed by atoms with Crippen molar-refractivity contribution in [2.24, 2.45) is 0 Å². The number of halogens is 1. The van der Waals surface area contributed by atoms with Gasteiger partial charge >= 0.3 is 6.09 Å². The first-order chi connectivity index (χ1) is 12.0. The molecule has 0 unspecified atom stereocenters. The zero-order chi connectivity index (χ0) is 19.3. The van der Waals surface area contributed by atoms with Crippen LogP contribution in [0.15, 0.2) is 28.7 Å². The maximum absolute atomic E-state index is 12.7. The molecular formula is C19H23BrN2O4. The molecule has 1 aromatic carbocycles. The van der Waals surface area contributed by atoms with Crippen molar-refractivity contribution in [2.45, 2.75) is 52.0 Å². The van der Waals surface area contributed by atoms with E-state index in [1.165, 1.54) is 0 Å². The van der Waals surface area contributed by atoms with Gasteiger partial charge in [-0.05, 0) is 62.7 Å². The van der Waals surface area contributed by atoms with Crippen molar-refractivity contribution in [3.8, 4) is 0 Å². The summed E-state index contributed by atoms with van der Waals surface area (Å²) in [5.74, 6) is -0.194. The van der Waals surface area contributed by atoms with Gasteiger partial charge in [-0.3, -0.25) is 9.69 Å². The highest BCUT2D eigenvalue weighted by atomic mass is 79.9. The number of nitrogens with zero attached hydrogens (tertiary/aromatic N) is 1. The van der Waals surface area contributed by atoms with Crippen molar-refractivity contribution in [3.63, 3.8) is 0 Å². The molecule has 0 spiro atoms. The minimum Gasteiger partial charge on any atom is -0.444 e. The summed E-state index contributed by atoms with van der Waals surface area (Å²) in [5.41, 5.74) is 0.639. The Balaban J connectivity index is 1.96. The van der Waals surface area contributed by atoms with Gasteiger partial charge in [0.1, 0.15) is 11.3 Å². The largest absolute Gasteiger partial charge is 0.444 e. The molecule has 6 nitrogen and oxygen atoms in total. The van der Waals surface area contributed by atoms with Gasteiger partial charge in [0.2, 0.25) is 0 Å². The Kier molecular flexibility index (Phi) is 4.65. The van der Waals surface area contributed by atoms with Gasteiger partial charge in [-0.2, -0.15) is 0 Å².